The van der Waals surface area contributed by atoms with Gasteiger partial charge < -0.3 is 5.32 Å². The second-order valence-corrected chi connectivity index (χ2v) is 4.65. The Kier molecular flexibility index (Phi) is 3.89. The maximum Gasteiger partial charge on any atom is 0.325 e. The van der Waals surface area contributed by atoms with Gasteiger partial charge in [0.1, 0.15) is 11.5 Å². The van der Waals surface area contributed by atoms with Gasteiger partial charge >= 0.3 is 6.03 Å². The molecule has 0 fully saturated rings. The summed E-state index contributed by atoms with van der Waals surface area (Å²) in [6.07, 6.45) is 0. The number of benzene rings is 1. The van der Waals surface area contributed by atoms with Crippen LogP contribution < -0.4 is 10.6 Å². The number of hydrogen-bond donors (Lipinski definition) is 2. The van der Waals surface area contributed by atoms with E-state index in [1.807, 2.05) is 0 Å². The highest BCUT2D eigenvalue weighted by molar-refractivity contribution is 7.13. The van der Waals surface area contributed by atoms with E-state index >= 15 is 0 Å². The quantitative estimate of drug-likeness (QED) is 0.671. The maximum atomic E-state index is 13.0. The van der Waals surface area contributed by atoms with Gasteiger partial charge in [0, 0.05) is 5.38 Å². The van der Waals surface area contributed by atoms with Crippen molar-refractivity contribution in [2.24, 2.45) is 0 Å². The maximum absolute atomic E-state index is 13.0. The Balaban J connectivity index is 2.13. The zero-order chi connectivity index (χ0) is 14.7. The van der Waals surface area contributed by atoms with Crippen molar-refractivity contribution < 1.29 is 14.1 Å². The van der Waals surface area contributed by atoms with Gasteiger partial charge in [0.25, 0.3) is 5.69 Å². The molecule has 0 atom stereocenters. The van der Waals surface area contributed by atoms with Gasteiger partial charge in [-0.2, -0.15) is 0 Å². The van der Waals surface area contributed by atoms with Crippen LogP contribution in [0.1, 0.15) is 5.69 Å². The summed E-state index contributed by atoms with van der Waals surface area (Å²) in [7, 11) is 0. The number of aryl methyl sites for hydroxylation is 1. The Bertz CT molecular complexity index is 673. The Morgan fingerprint density at radius 3 is 2.80 bits per heavy atom. The third-order valence-corrected chi connectivity index (χ3v) is 3.12. The smallest absolute Gasteiger partial charge is 0.302 e. The van der Waals surface area contributed by atoms with Gasteiger partial charge in [-0.1, -0.05) is 0 Å². The number of thiazole rings is 1. The van der Waals surface area contributed by atoms with Crippen molar-refractivity contribution in [2.75, 3.05) is 10.6 Å². The number of halogens is 1. The summed E-state index contributed by atoms with van der Waals surface area (Å²) in [5.74, 6) is -0.752. The number of amides is 2. The number of carbonyl (C=O) groups excluding carboxylic acids is 1. The van der Waals surface area contributed by atoms with E-state index in [1.165, 1.54) is 11.3 Å². The van der Waals surface area contributed by atoms with Gasteiger partial charge in [0.2, 0.25) is 0 Å². The normalized spacial score (nSPS) is 10.1. The van der Waals surface area contributed by atoms with Crippen LogP contribution in [0.3, 0.4) is 0 Å². The minimum atomic E-state index is -0.772. The molecule has 7 nitrogen and oxygen atoms in total. The second kappa shape index (κ2) is 5.61. The molecule has 2 amide bonds. The first-order valence-corrected chi connectivity index (χ1v) is 6.28. The third-order valence-electron chi connectivity index (χ3n) is 2.24. The van der Waals surface area contributed by atoms with E-state index in [0.717, 1.165) is 23.9 Å². The number of aromatic nitrogens is 1. The molecule has 0 unspecified atom stereocenters. The molecule has 9 heteroatoms. The zero-order valence-corrected chi connectivity index (χ0v) is 11.0. The average Bonchev–Trinajstić information content (AvgIpc) is 2.76. The van der Waals surface area contributed by atoms with Crippen LogP contribution in [0.2, 0.25) is 0 Å². The lowest BCUT2D eigenvalue weighted by Gasteiger charge is -2.06. The Hall–Kier alpha value is -2.55. The van der Waals surface area contributed by atoms with E-state index in [1.54, 1.807) is 12.3 Å². The van der Waals surface area contributed by atoms with Crippen LogP contribution in [0, 0.1) is 22.9 Å². The summed E-state index contributed by atoms with van der Waals surface area (Å²) in [4.78, 5) is 25.7. The minimum Gasteiger partial charge on any atom is -0.302 e. The molecule has 1 aromatic heterocycles. The van der Waals surface area contributed by atoms with Crippen LogP contribution in [0.5, 0.6) is 0 Å². The average molecular weight is 296 g/mol. The van der Waals surface area contributed by atoms with Crippen molar-refractivity contribution in [1.82, 2.24) is 4.98 Å². The molecule has 0 bridgehead atoms. The fraction of sp³-hybridized carbons (Fsp3) is 0.0909. The SMILES string of the molecule is Cc1csc(NC(=O)Nc2ccc(F)cc2[N+](=O)[O-])n1. The van der Waals surface area contributed by atoms with Crippen molar-refractivity contribution in [1.29, 1.82) is 0 Å². The highest BCUT2D eigenvalue weighted by Gasteiger charge is 2.17. The number of rotatable bonds is 3. The van der Waals surface area contributed by atoms with E-state index < -0.39 is 22.5 Å². The van der Waals surface area contributed by atoms with Gasteiger partial charge in [0.15, 0.2) is 5.13 Å². The summed E-state index contributed by atoms with van der Waals surface area (Å²) in [5, 5.41) is 17.6. The highest BCUT2D eigenvalue weighted by Crippen LogP contribution is 2.25. The van der Waals surface area contributed by atoms with E-state index in [9.17, 15) is 19.3 Å². The lowest BCUT2D eigenvalue weighted by Crippen LogP contribution is -2.20. The van der Waals surface area contributed by atoms with E-state index in [2.05, 4.69) is 15.6 Å². The number of anilines is 2. The molecule has 0 aliphatic heterocycles. The number of nitro benzene ring substituents is 1. The molecule has 0 saturated carbocycles. The first-order valence-electron chi connectivity index (χ1n) is 5.40. The Morgan fingerprint density at radius 2 is 2.20 bits per heavy atom. The summed E-state index contributed by atoms with van der Waals surface area (Å²) in [6.45, 7) is 1.77. The molecular formula is C11H9FN4O3S. The summed E-state index contributed by atoms with van der Waals surface area (Å²) >= 11 is 1.22. The molecule has 2 N–H and O–H groups in total. The second-order valence-electron chi connectivity index (χ2n) is 3.79. The number of carbonyl (C=O) groups is 1. The zero-order valence-electron chi connectivity index (χ0n) is 10.2. The van der Waals surface area contributed by atoms with Crippen molar-refractivity contribution in [3.05, 3.63) is 45.2 Å². The van der Waals surface area contributed by atoms with Crippen molar-refractivity contribution >= 4 is 33.9 Å². The molecule has 0 saturated heterocycles. The molecule has 2 aromatic rings. The number of urea groups is 1. The fourth-order valence-electron chi connectivity index (χ4n) is 1.42. The highest BCUT2D eigenvalue weighted by atomic mass is 32.1. The lowest BCUT2D eigenvalue weighted by molar-refractivity contribution is -0.384. The predicted octanol–water partition coefficient (Wildman–Crippen LogP) is 3.14. The fourth-order valence-corrected chi connectivity index (χ4v) is 2.11. The molecule has 1 aromatic carbocycles. The standard InChI is InChI=1S/C11H9FN4O3S/c1-6-5-20-11(13-6)15-10(17)14-8-3-2-7(12)4-9(8)16(18)19/h2-5H,1H3,(H2,13,14,15,17). The topological polar surface area (TPSA) is 97.2 Å². The molecule has 0 aliphatic carbocycles. The van der Waals surface area contributed by atoms with Crippen LogP contribution in [0.25, 0.3) is 0 Å². The molecule has 0 spiro atoms. The molecular weight excluding hydrogens is 287 g/mol. The van der Waals surface area contributed by atoms with Crippen molar-refractivity contribution in [3.63, 3.8) is 0 Å². The van der Waals surface area contributed by atoms with Crippen molar-refractivity contribution in [3.8, 4) is 0 Å². The summed E-state index contributed by atoms with van der Waals surface area (Å²) < 4.78 is 13.0. The number of hydrogen-bond acceptors (Lipinski definition) is 5. The van der Waals surface area contributed by atoms with Crippen LogP contribution in [-0.2, 0) is 0 Å². The minimum absolute atomic E-state index is 0.0952. The molecule has 20 heavy (non-hydrogen) atoms. The van der Waals surface area contributed by atoms with E-state index in [-0.39, 0.29) is 5.69 Å². The first kappa shape index (κ1) is 13.9. The lowest BCUT2D eigenvalue weighted by atomic mass is 10.2. The Labute approximate surface area is 116 Å². The molecule has 0 radical (unpaired) electrons. The predicted molar refractivity (Wildman–Crippen MR) is 72.5 cm³/mol. The van der Waals surface area contributed by atoms with Crippen LogP contribution >= 0.6 is 11.3 Å². The van der Waals surface area contributed by atoms with Gasteiger partial charge in [-0.15, -0.1) is 11.3 Å². The summed E-state index contributed by atoms with van der Waals surface area (Å²) in [5.41, 5.74) is 0.135. The van der Waals surface area contributed by atoms with Gasteiger partial charge in [-0.05, 0) is 19.1 Å². The number of nitrogens with one attached hydrogen (secondary N) is 2. The van der Waals surface area contributed by atoms with Gasteiger partial charge in [-0.3, -0.25) is 15.4 Å². The van der Waals surface area contributed by atoms with Gasteiger partial charge in [-0.25, -0.2) is 14.2 Å². The number of nitrogens with zero attached hydrogens (tertiary/aromatic N) is 2. The van der Waals surface area contributed by atoms with Gasteiger partial charge in [0.05, 0.1) is 16.7 Å². The van der Waals surface area contributed by atoms with E-state index in [4.69, 9.17) is 0 Å². The molecule has 0 aliphatic rings. The van der Waals surface area contributed by atoms with Crippen LogP contribution in [0.15, 0.2) is 23.6 Å². The van der Waals surface area contributed by atoms with E-state index in [0.29, 0.717) is 5.13 Å². The Morgan fingerprint density at radius 1 is 1.45 bits per heavy atom. The monoisotopic (exact) mass is 296 g/mol. The summed E-state index contributed by atoms with van der Waals surface area (Å²) in [6, 6.07) is 2.20. The largest absolute Gasteiger partial charge is 0.325 e. The first-order chi connectivity index (χ1) is 9.45. The van der Waals surface area contributed by atoms with Crippen LogP contribution in [0.4, 0.5) is 25.7 Å². The molecule has 1 heterocycles. The van der Waals surface area contributed by atoms with Crippen LogP contribution in [-0.4, -0.2) is 15.9 Å². The molecule has 2 rings (SSSR count). The molecule has 104 valence electrons. The van der Waals surface area contributed by atoms with Crippen molar-refractivity contribution in [2.45, 2.75) is 6.92 Å². The number of nitro groups is 1. The third kappa shape index (κ3) is 3.26.